The number of anilines is 2. The SMILES string of the molecule is CC1CN(CC(F)(F)F)c2ccc3c(c21)C(Cl)=CCN3. The highest BCUT2D eigenvalue weighted by molar-refractivity contribution is 6.49. The van der Waals surface area contributed by atoms with Crippen LogP contribution in [-0.2, 0) is 0 Å². The predicted octanol–water partition coefficient (Wildman–Crippen LogP) is 4.18. The van der Waals surface area contributed by atoms with Gasteiger partial charge in [0.05, 0.1) is 0 Å². The summed E-state index contributed by atoms with van der Waals surface area (Å²) in [7, 11) is 0. The van der Waals surface area contributed by atoms with Gasteiger partial charge in [-0.15, -0.1) is 0 Å². The second kappa shape index (κ2) is 4.58. The number of nitrogens with one attached hydrogen (secondary N) is 1. The largest absolute Gasteiger partial charge is 0.405 e. The first-order valence-corrected chi connectivity index (χ1v) is 6.83. The van der Waals surface area contributed by atoms with Gasteiger partial charge in [0, 0.05) is 41.0 Å². The molecular weight excluding hydrogens is 289 g/mol. The fraction of sp³-hybridized carbons (Fsp3) is 0.429. The van der Waals surface area contributed by atoms with Crippen molar-refractivity contribution < 1.29 is 13.2 Å². The van der Waals surface area contributed by atoms with Crippen molar-refractivity contribution in [3.8, 4) is 0 Å². The summed E-state index contributed by atoms with van der Waals surface area (Å²) in [6, 6.07) is 3.57. The third kappa shape index (κ3) is 2.24. The molecule has 1 unspecified atom stereocenters. The van der Waals surface area contributed by atoms with Gasteiger partial charge >= 0.3 is 6.18 Å². The summed E-state index contributed by atoms with van der Waals surface area (Å²) in [5.74, 6) is 0.0318. The van der Waals surface area contributed by atoms with Gasteiger partial charge in [0.2, 0.25) is 0 Å². The molecule has 0 aliphatic carbocycles. The molecule has 0 bridgehead atoms. The molecule has 6 heteroatoms. The fourth-order valence-electron chi connectivity index (χ4n) is 3.03. The number of halogens is 4. The molecule has 0 amide bonds. The molecular formula is C14H14ClF3N2. The maximum atomic E-state index is 12.7. The number of nitrogens with zero attached hydrogens (tertiary/aromatic N) is 1. The molecule has 1 N–H and O–H groups in total. The molecule has 0 aromatic heterocycles. The Morgan fingerprint density at radius 2 is 2.15 bits per heavy atom. The molecule has 2 nitrogen and oxygen atoms in total. The zero-order valence-corrected chi connectivity index (χ0v) is 11.6. The van der Waals surface area contributed by atoms with Crippen LogP contribution in [0.15, 0.2) is 18.2 Å². The Hall–Kier alpha value is -1.36. The standard InChI is InChI=1S/C14H14ClF3N2/c1-8-6-20(7-14(16,17)18)11-3-2-10-13(12(8)11)9(15)4-5-19-10/h2-4,8,19H,5-7H2,1H3. The highest BCUT2D eigenvalue weighted by atomic mass is 35.5. The van der Waals surface area contributed by atoms with Crippen molar-refractivity contribution in [2.45, 2.75) is 19.0 Å². The summed E-state index contributed by atoms with van der Waals surface area (Å²) in [4.78, 5) is 1.39. The minimum Gasteiger partial charge on any atom is -0.381 e. The average molecular weight is 303 g/mol. The highest BCUT2D eigenvalue weighted by Crippen LogP contribution is 2.46. The summed E-state index contributed by atoms with van der Waals surface area (Å²) >= 11 is 6.26. The van der Waals surface area contributed by atoms with Gasteiger partial charge in [0.15, 0.2) is 0 Å². The van der Waals surface area contributed by atoms with E-state index < -0.39 is 12.7 Å². The molecule has 0 saturated carbocycles. The third-order valence-corrected chi connectivity index (χ3v) is 4.08. The van der Waals surface area contributed by atoms with Crippen LogP contribution in [0.1, 0.15) is 24.0 Å². The lowest BCUT2D eigenvalue weighted by atomic mass is 9.94. The third-order valence-electron chi connectivity index (χ3n) is 3.73. The second-order valence-corrected chi connectivity index (χ2v) is 5.66. The zero-order valence-electron chi connectivity index (χ0n) is 10.9. The summed E-state index contributed by atoms with van der Waals surface area (Å²) in [5.41, 5.74) is 3.31. The molecule has 2 heterocycles. The Bertz CT molecular complexity index is 581. The van der Waals surface area contributed by atoms with Crippen molar-refractivity contribution in [1.82, 2.24) is 0 Å². The lowest BCUT2D eigenvalue weighted by Gasteiger charge is -2.23. The molecule has 0 spiro atoms. The number of fused-ring (bicyclic) bond motifs is 3. The van der Waals surface area contributed by atoms with Crippen molar-refractivity contribution in [1.29, 1.82) is 0 Å². The van der Waals surface area contributed by atoms with Gasteiger partial charge < -0.3 is 10.2 Å². The Kier molecular flexibility index (Phi) is 3.12. The van der Waals surface area contributed by atoms with Gasteiger partial charge in [-0.2, -0.15) is 13.2 Å². The van der Waals surface area contributed by atoms with Crippen LogP contribution in [0.5, 0.6) is 0 Å². The van der Waals surface area contributed by atoms with Crippen molar-refractivity contribution in [3.63, 3.8) is 0 Å². The molecule has 108 valence electrons. The topological polar surface area (TPSA) is 15.3 Å². The fourth-order valence-corrected chi connectivity index (χ4v) is 3.31. The van der Waals surface area contributed by atoms with E-state index in [1.807, 2.05) is 19.1 Å². The van der Waals surface area contributed by atoms with Crippen molar-refractivity contribution in [3.05, 3.63) is 29.3 Å². The molecule has 0 saturated heterocycles. The van der Waals surface area contributed by atoms with Crippen LogP contribution in [0.25, 0.3) is 5.03 Å². The van der Waals surface area contributed by atoms with Gasteiger partial charge in [0.25, 0.3) is 0 Å². The predicted molar refractivity (Wildman–Crippen MR) is 75.4 cm³/mol. The smallest absolute Gasteiger partial charge is 0.381 e. The Morgan fingerprint density at radius 1 is 1.40 bits per heavy atom. The number of alkyl halides is 3. The number of hydrogen-bond acceptors (Lipinski definition) is 2. The summed E-state index contributed by atoms with van der Waals surface area (Å²) in [6.45, 7) is 2.03. The van der Waals surface area contributed by atoms with E-state index in [1.54, 1.807) is 6.07 Å². The minimum atomic E-state index is -4.20. The van der Waals surface area contributed by atoms with E-state index in [0.29, 0.717) is 23.8 Å². The Balaban J connectivity index is 2.07. The molecule has 0 radical (unpaired) electrons. The first-order chi connectivity index (χ1) is 9.37. The van der Waals surface area contributed by atoms with Gasteiger partial charge in [-0.3, -0.25) is 0 Å². The number of hydrogen-bond donors (Lipinski definition) is 1. The Labute approximate surface area is 120 Å². The highest BCUT2D eigenvalue weighted by Gasteiger charge is 2.37. The molecule has 2 aliphatic heterocycles. The van der Waals surface area contributed by atoms with Gasteiger partial charge in [-0.05, 0) is 23.8 Å². The zero-order chi connectivity index (χ0) is 14.5. The quantitative estimate of drug-likeness (QED) is 0.837. The van der Waals surface area contributed by atoms with Crippen molar-refractivity contribution >= 4 is 28.0 Å². The van der Waals surface area contributed by atoms with E-state index in [1.165, 1.54) is 4.90 Å². The Morgan fingerprint density at radius 3 is 2.85 bits per heavy atom. The first kappa shape index (κ1) is 13.6. The van der Waals surface area contributed by atoms with E-state index in [4.69, 9.17) is 11.6 Å². The van der Waals surface area contributed by atoms with Crippen LogP contribution in [0.4, 0.5) is 24.5 Å². The van der Waals surface area contributed by atoms with Gasteiger partial charge in [0.1, 0.15) is 6.54 Å². The first-order valence-electron chi connectivity index (χ1n) is 6.45. The van der Waals surface area contributed by atoms with E-state index in [9.17, 15) is 13.2 Å². The van der Waals surface area contributed by atoms with E-state index in [0.717, 1.165) is 16.8 Å². The average Bonchev–Trinajstić information content (AvgIpc) is 2.64. The molecule has 2 aliphatic rings. The van der Waals surface area contributed by atoms with Crippen molar-refractivity contribution in [2.75, 3.05) is 29.9 Å². The van der Waals surface area contributed by atoms with Gasteiger partial charge in [-0.25, -0.2) is 0 Å². The molecule has 20 heavy (non-hydrogen) atoms. The number of rotatable bonds is 1. The minimum absolute atomic E-state index is 0.0318. The molecule has 0 fully saturated rings. The van der Waals surface area contributed by atoms with Crippen LogP contribution in [0, 0.1) is 0 Å². The second-order valence-electron chi connectivity index (χ2n) is 5.25. The summed E-state index contributed by atoms with van der Waals surface area (Å²) in [5, 5.41) is 3.83. The molecule has 1 atom stereocenters. The molecule has 1 aromatic carbocycles. The van der Waals surface area contributed by atoms with E-state index >= 15 is 0 Å². The van der Waals surface area contributed by atoms with Gasteiger partial charge in [-0.1, -0.05) is 18.5 Å². The molecule has 1 aromatic rings. The van der Waals surface area contributed by atoms with E-state index in [-0.39, 0.29) is 5.92 Å². The monoisotopic (exact) mass is 302 g/mol. The summed E-state index contributed by atoms with van der Waals surface area (Å²) in [6.07, 6.45) is -2.35. The molecule has 3 rings (SSSR count). The van der Waals surface area contributed by atoms with Crippen molar-refractivity contribution in [2.24, 2.45) is 0 Å². The lowest BCUT2D eigenvalue weighted by Crippen LogP contribution is -2.33. The van der Waals surface area contributed by atoms with Crippen LogP contribution in [0.3, 0.4) is 0 Å². The summed E-state index contributed by atoms with van der Waals surface area (Å²) < 4.78 is 38.0. The maximum Gasteiger partial charge on any atom is 0.405 e. The van der Waals surface area contributed by atoms with Crippen LogP contribution < -0.4 is 10.2 Å². The van der Waals surface area contributed by atoms with E-state index in [2.05, 4.69) is 5.32 Å². The lowest BCUT2D eigenvalue weighted by molar-refractivity contribution is -0.119. The van der Waals surface area contributed by atoms with Crippen LogP contribution in [0.2, 0.25) is 0 Å². The van der Waals surface area contributed by atoms with Crippen LogP contribution in [-0.4, -0.2) is 25.8 Å². The number of benzene rings is 1. The van der Waals surface area contributed by atoms with Crippen LogP contribution >= 0.6 is 11.6 Å². The normalized spacial score (nSPS) is 21.1. The maximum absolute atomic E-state index is 12.7.